The average Bonchev–Trinajstić information content (AvgIpc) is 2.27. The molecule has 2 rings (SSSR count). The van der Waals surface area contributed by atoms with Gasteiger partial charge in [0.2, 0.25) is 0 Å². The third-order valence-corrected chi connectivity index (χ3v) is 3.02. The molecule has 6 heteroatoms. The minimum atomic E-state index is -0.273. The first kappa shape index (κ1) is 11.7. The normalized spacial score (nSPS) is 10.4. The summed E-state index contributed by atoms with van der Waals surface area (Å²) in [7, 11) is 0. The van der Waals surface area contributed by atoms with E-state index in [2.05, 4.69) is 9.97 Å². The summed E-state index contributed by atoms with van der Waals surface area (Å²) in [5.41, 5.74) is 5.19. The van der Waals surface area contributed by atoms with Gasteiger partial charge in [-0.1, -0.05) is 0 Å². The van der Waals surface area contributed by atoms with Gasteiger partial charge in [0, 0.05) is 11.0 Å². The minimum Gasteiger partial charge on any atom is -0.383 e. The maximum absolute atomic E-state index is 12.7. The van der Waals surface area contributed by atoms with Crippen molar-refractivity contribution in [2.45, 2.75) is 10.6 Å². The summed E-state index contributed by atoms with van der Waals surface area (Å²) < 4.78 is 12.7. The van der Waals surface area contributed by atoms with E-state index in [0.29, 0.717) is 11.6 Å². The number of hydrogen-bond acceptors (Lipinski definition) is 4. The van der Waals surface area contributed by atoms with Crippen LogP contribution in [-0.4, -0.2) is 9.97 Å². The molecule has 0 fully saturated rings. The fourth-order valence-corrected chi connectivity index (χ4v) is 2.05. The number of aromatic amines is 1. The van der Waals surface area contributed by atoms with E-state index in [1.165, 1.54) is 30.0 Å². The highest BCUT2D eigenvalue weighted by molar-refractivity contribution is 7.98. The SMILES string of the molecule is Nc1cc(=O)[nH]c(CSc2ccc(F)cc2)n1. The number of aromatic nitrogens is 2. The van der Waals surface area contributed by atoms with Crippen molar-refractivity contribution in [2.24, 2.45) is 0 Å². The molecule has 1 aromatic carbocycles. The molecule has 1 heterocycles. The topological polar surface area (TPSA) is 71.8 Å². The second-order valence-corrected chi connectivity index (χ2v) is 4.41. The molecule has 0 amide bonds. The third kappa shape index (κ3) is 3.32. The number of benzene rings is 1. The predicted octanol–water partition coefficient (Wildman–Crippen LogP) is 1.78. The Morgan fingerprint density at radius 3 is 2.71 bits per heavy atom. The Labute approximate surface area is 101 Å². The van der Waals surface area contributed by atoms with E-state index in [-0.39, 0.29) is 17.2 Å². The molecule has 0 spiro atoms. The van der Waals surface area contributed by atoms with Crippen LogP contribution in [0.4, 0.5) is 10.2 Å². The molecule has 0 saturated heterocycles. The minimum absolute atomic E-state index is 0.198. The lowest BCUT2D eigenvalue weighted by Crippen LogP contribution is -2.11. The zero-order chi connectivity index (χ0) is 12.3. The lowest BCUT2D eigenvalue weighted by molar-refractivity contribution is 0.626. The molecule has 88 valence electrons. The van der Waals surface area contributed by atoms with Crippen molar-refractivity contribution in [1.82, 2.24) is 9.97 Å². The van der Waals surface area contributed by atoms with E-state index in [9.17, 15) is 9.18 Å². The van der Waals surface area contributed by atoms with Crippen molar-refractivity contribution >= 4 is 17.6 Å². The van der Waals surface area contributed by atoms with Crippen LogP contribution >= 0.6 is 11.8 Å². The molecule has 1 aromatic heterocycles. The first-order chi connectivity index (χ1) is 8.13. The van der Waals surface area contributed by atoms with Crippen LogP contribution in [0.2, 0.25) is 0 Å². The van der Waals surface area contributed by atoms with E-state index in [0.717, 1.165) is 4.90 Å². The van der Waals surface area contributed by atoms with E-state index in [4.69, 9.17) is 5.73 Å². The Balaban J connectivity index is 2.07. The van der Waals surface area contributed by atoms with Crippen molar-refractivity contribution in [3.05, 3.63) is 52.3 Å². The van der Waals surface area contributed by atoms with Gasteiger partial charge in [-0.3, -0.25) is 4.79 Å². The Morgan fingerprint density at radius 1 is 1.35 bits per heavy atom. The summed E-state index contributed by atoms with van der Waals surface area (Å²) in [6.45, 7) is 0. The molecule has 0 unspecified atom stereocenters. The average molecular weight is 251 g/mol. The Bertz CT molecular complexity index is 568. The molecular weight excluding hydrogens is 241 g/mol. The summed E-state index contributed by atoms with van der Waals surface area (Å²) >= 11 is 1.44. The number of nitrogens with two attached hydrogens (primary N) is 1. The monoisotopic (exact) mass is 251 g/mol. The highest BCUT2D eigenvalue weighted by atomic mass is 32.2. The van der Waals surface area contributed by atoms with Crippen LogP contribution in [-0.2, 0) is 5.75 Å². The van der Waals surface area contributed by atoms with E-state index < -0.39 is 0 Å². The third-order valence-electron chi connectivity index (χ3n) is 2.00. The van der Waals surface area contributed by atoms with Crippen LogP contribution < -0.4 is 11.3 Å². The number of nitrogens with zero attached hydrogens (tertiary/aromatic N) is 1. The number of anilines is 1. The number of thioether (sulfide) groups is 1. The van der Waals surface area contributed by atoms with Gasteiger partial charge < -0.3 is 10.7 Å². The van der Waals surface area contributed by atoms with Crippen molar-refractivity contribution in [1.29, 1.82) is 0 Å². The Hall–Kier alpha value is -1.82. The summed E-state index contributed by atoms with van der Waals surface area (Å²) in [6.07, 6.45) is 0. The first-order valence-electron chi connectivity index (χ1n) is 4.87. The summed E-state index contributed by atoms with van der Waals surface area (Å²) in [6, 6.07) is 7.34. The van der Waals surface area contributed by atoms with Crippen molar-refractivity contribution in [3.63, 3.8) is 0 Å². The first-order valence-corrected chi connectivity index (χ1v) is 5.86. The fourth-order valence-electron chi connectivity index (χ4n) is 1.28. The maximum Gasteiger partial charge on any atom is 0.252 e. The number of H-pyrrole nitrogens is 1. The summed E-state index contributed by atoms with van der Waals surface area (Å²) in [5, 5.41) is 0. The largest absolute Gasteiger partial charge is 0.383 e. The second-order valence-electron chi connectivity index (χ2n) is 3.36. The molecule has 0 aliphatic rings. The number of rotatable bonds is 3. The van der Waals surface area contributed by atoms with Gasteiger partial charge in [-0.05, 0) is 24.3 Å². The molecule has 2 aromatic rings. The van der Waals surface area contributed by atoms with Gasteiger partial charge in [0.15, 0.2) is 0 Å². The molecule has 0 bridgehead atoms. The Kier molecular flexibility index (Phi) is 3.43. The zero-order valence-corrected chi connectivity index (χ0v) is 9.63. The van der Waals surface area contributed by atoms with E-state index in [1.807, 2.05) is 0 Å². The molecule has 0 radical (unpaired) electrons. The number of hydrogen-bond donors (Lipinski definition) is 2. The fraction of sp³-hybridized carbons (Fsp3) is 0.0909. The molecular formula is C11H10FN3OS. The highest BCUT2D eigenvalue weighted by Crippen LogP contribution is 2.21. The molecule has 3 N–H and O–H groups in total. The van der Waals surface area contributed by atoms with Crippen molar-refractivity contribution < 1.29 is 4.39 Å². The predicted molar refractivity (Wildman–Crippen MR) is 65.2 cm³/mol. The standard InChI is InChI=1S/C11H10FN3OS/c12-7-1-3-8(4-2-7)17-6-10-14-9(13)5-11(16)15-10/h1-5H,6H2,(H3,13,14,15,16). The quantitative estimate of drug-likeness (QED) is 0.816. The number of nitrogens with one attached hydrogen (secondary N) is 1. The lowest BCUT2D eigenvalue weighted by Gasteiger charge is -2.02. The van der Waals surface area contributed by atoms with Crippen LogP contribution in [0, 0.1) is 5.82 Å². The summed E-state index contributed by atoms with van der Waals surface area (Å²) in [4.78, 5) is 18.6. The molecule has 0 aliphatic carbocycles. The van der Waals surface area contributed by atoms with Crippen LogP contribution in [0.5, 0.6) is 0 Å². The van der Waals surface area contributed by atoms with E-state index >= 15 is 0 Å². The van der Waals surface area contributed by atoms with Gasteiger partial charge in [0.05, 0.1) is 5.75 Å². The second kappa shape index (κ2) is 5.01. The van der Waals surface area contributed by atoms with Crippen LogP contribution in [0.3, 0.4) is 0 Å². The summed E-state index contributed by atoms with van der Waals surface area (Å²) in [5.74, 6) is 0.906. The van der Waals surface area contributed by atoms with Gasteiger partial charge in [0.1, 0.15) is 17.5 Å². The zero-order valence-electron chi connectivity index (χ0n) is 8.81. The van der Waals surface area contributed by atoms with Crippen LogP contribution in [0.1, 0.15) is 5.82 Å². The van der Waals surface area contributed by atoms with Gasteiger partial charge in [-0.2, -0.15) is 0 Å². The number of halogens is 1. The molecule has 0 aliphatic heterocycles. The number of nitrogen functional groups attached to an aromatic ring is 1. The van der Waals surface area contributed by atoms with Gasteiger partial charge >= 0.3 is 0 Å². The lowest BCUT2D eigenvalue weighted by atomic mass is 10.4. The van der Waals surface area contributed by atoms with Gasteiger partial charge in [-0.25, -0.2) is 9.37 Å². The Morgan fingerprint density at radius 2 is 2.06 bits per heavy atom. The van der Waals surface area contributed by atoms with Gasteiger partial charge in [0.25, 0.3) is 5.56 Å². The maximum atomic E-state index is 12.7. The van der Waals surface area contributed by atoms with Crippen LogP contribution in [0.25, 0.3) is 0 Å². The molecule has 0 saturated carbocycles. The molecule has 17 heavy (non-hydrogen) atoms. The highest BCUT2D eigenvalue weighted by Gasteiger charge is 2.00. The van der Waals surface area contributed by atoms with Crippen molar-refractivity contribution in [3.8, 4) is 0 Å². The molecule has 0 atom stereocenters. The van der Waals surface area contributed by atoms with E-state index in [1.54, 1.807) is 12.1 Å². The van der Waals surface area contributed by atoms with Gasteiger partial charge in [-0.15, -0.1) is 11.8 Å². The molecule has 4 nitrogen and oxygen atoms in total. The van der Waals surface area contributed by atoms with Crippen molar-refractivity contribution in [2.75, 3.05) is 5.73 Å². The smallest absolute Gasteiger partial charge is 0.252 e. The van der Waals surface area contributed by atoms with Crippen LogP contribution in [0.15, 0.2) is 40.0 Å².